The lowest BCUT2D eigenvalue weighted by atomic mass is 9.96. The molecule has 1 aliphatic carbocycles. The molecule has 0 fully saturated rings. The third-order valence-corrected chi connectivity index (χ3v) is 3.73. The number of anilines is 1. The summed E-state index contributed by atoms with van der Waals surface area (Å²) in [7, 11) is 0. The zero-order valence-electron chi connectivity index (χ0n) is 15.3. The van der Waals surface area contributed by atoms with Crippen LogP contribution >= 0.6 is 0 Å². The van der Waals surface area contributed by atoms with E-state index in [-0.39, 0.29) is 24.7 Å². The van der Waals surface area contributed by atoms with Gasteiger partial charge in [-0.25, -0.2) is 9.78 Å². The van der Waals surface area contributed by atoms with Crippen molar-refractivity contribution in [3.8, 4) is 0 Å². The molecule has 1 heterocycles. The van der Waals surface area contributed by atoms with Crippen LogP contribution in [0.1, 0.15) is 37.6 Å². The van der Waals surface area contributed by atoms with Crippen LogP contribution in [0.5, 0.6) is 0 Å². The Morgan fingerprint density at radius 2 is 2.04 bits per heavy atom. The van der Waals surface area contributed by atoms with Crippen LogP contribution in [0, 0.1) is 5.92 Å². The Bertz CT molecular complexity index is 747. The van der Waals surface area contributed by atoms with Gasteiger partial charge in [0.2, 0.25) is 0 Å². The van der Waals surface area contributed by atoms with Gasteiger partial charge in [0.15, 0.2) is 6.29 Å². The van der Waals surface area contributed by atoms with Crippen molar-refractivity contribution in [2.24, 2.45) is 5.92 Å². The SMILES string of the molecule is CC(C)(C)OC(=O)N(CC1C=CC(C(F)(F)F)=CC1)c1ccc(C=O)cn1. The fourth-order valence-corrected chi connectivity index (χ4v) is 2.45. The number of carbonyl (C=O) groups excluding carboxylic acids is 2. The summed E-state index contributed by atoms with van der Waals surface area (Å²) < 4.78 is 43.6. The third kappa shape index (κ3) is 5.94. The second-order valence-electron chi connectivity index (χ2n) is 7.17. The van der Waals surface area contributed by atoms with Gasteiger partial charge < -0.3 is 4.74 Å². The van der Waals surface area contributed by atoms with Crippen LogP contribution in [-0.4, -0.2) is 35.7 Å². The van der Waals surface area contributed by atoms with E-state index in [1.54, 1.807) is 20.8 Å². The number of hydrogen-bond acceptors (Lipinski definition) is 4. The molecule has 0 spiro atoms. The van der Waals surface area contributed by atoms with Gasteiger partial charge in [0, 0.05) is 18.3 Å². The molecule has 0 saturated heterocycles. The second kappa shape index (κ2) is 7.94. The molecule has 1 aliphatic rings. The van der Waals surface area contributed by atoms with Gasteiger partial charge in [-0.15, -0.1) is 0 Å². The van der Waals surface area contributed by atoms with Crippen molar-refractivity contribution in [1.82, 2.24) is 4.98 Å². The maximum absolute atomic E-state index is 12.7. The number of halogens is 3. The predicted octanol–water partition coefficient (Wildman–Crippen LogP) is 4.70. The number of rotatable bonds is 4. The molecule has 2 rings (SSSR count). The van der Waals surface area contributed by atoms with Gasteiger partial charge in [0.1, 0.15) is 11.4 Å². The molecule has 1 amide bonds. The van der Waals surface area contributed by atoms with E-state index in [0.29, 0.717) is 11.8 Å². The summed E-state index contributed by atoms with van der Waals surface area (Å²) in [6.07, 6.45) is 0.591. The van der Waals surface area contributed by atoms with Crippen molar-refractivity contribution in [2.45, 2.75) is 39.0 Å². The van der Waals surface area contributed by atoms with Crippen LogP contribution in [0.3, 0.4) is 0 Å². The molecule has 1 unspecified atom stereocenters. The summed E-state index contributed by atoms with van der Waals surface area (Å²) in [5.74, 6) is -0.0648. The van der Waals surface area contributed by atoms with E-state index in [4.69, 9.17) is 4.74 Å². The highest BCUT2D eigenvalue weighted by Gasteiger charge is 2.34. The van der Waals surface area contributed by atoms with Crippen LogP contribution in [0.15, 0.2) is 42.1 Å². The smallest absolute Gasteiger partial charge is 0.416 e. The number of nitrogens with zero attached hydrogens (tertiary/aromatic N) is 2. The molecule has 8 heteroatoms. The van der Waals surface area contributed by atoms with E-state index in [2.05, 4.69) is 4.98 Å². The predicted molar refractivity (Wildman–Crippen MR) is 94.6 cm³/mol. The van der Waals surface area contributed by atoms with E-state index < -0.39 is 23.4 Å². The first-order chi connectivity index (χ1) is 12.5. The molecule has 1 aromatic heterocycles. The highest BCUT2D eigenvalue weighted by atomic mass is 19.4. The van der Waals surface area contributed by atoms with Gasteiger partial charge in [-0.05, 0) is 45.2 Å². The van der Waals surface area contributed by atoms with Crippen LogP contribution in [0.25, 0.3) is 0 Å². The minimum Gasteiger partial charge on any atom is -0.443 e. The first kappa shape index (κ1) is 20.7. The van der Waals surface area contributed by atoms with Gasteiger partial charge in [0.05, 0.1) is 5.57 Å². The highest BCUT2D eigenvalue weighted by Crippen LogP contribution is 2.31. The largest absolute Gasteiger partial charge is 0.443 e. The Kier molecular flexibility index (Phi) is 6.08. The van der Waals surface area contributed by atoms with E-state index >= 15 is 0 Å². The van der Waals surface area contributed by atoms with Gasteiger partial charge in [-0.1, -0.05) is 18.2 Å². The van der Waals surface area contributed by atoms with Crippen molar-refractivity contribution in [3.63, 3.8) is 0 Å². The average molecular weight is 382 g/mol. The number of hydrogen-bond donors (Lipinski definition) is 0. The van der Waals surface area contributed by atoms with Crippen molar-refractivity contribution >= 4 is 18.2 Å². The molecule has 27 heavy (non-hydrogen) atoms. The molecule has 146 valence electrons. The monoisotopic (exact) mass is 382 g/mol. The number of carbonyl (C=O) groups is 2. The number of amides is 1. The quantitative estimate of drug-likeness (QED) is 0.708. The normalized spacial score (nSPS) is 17.3. The lowest BCUT2D eigenvalue weighted by molar-refractivity contribution is -0.0887. The summed E-state index contributed by atoms with van der Waals surface area (Å²) >= 11 is 0. The maximum atomic E-state index is 12.7. The third-order valence-electron chi connectivity index (χ3n) is 3.73. The summed E-state index contributed by atoms with van der Waals surface area (Å²) in [5.41, 5.74) is -1.10. The summed E-state index contributed by atoms with van der Waals surface area (Å²) in [6, 6.07) is 3.00. The second-order valence-corrected chi connectivity index (χ2v) is 7.17. The zero-order chi connectivity index (χ0) is 20.2. The number of aldehydes is 1. The van der Waals surface area contributed by atoms with Crippen LogP contribution in [0.4, 0.5) is 23.8 Å². The Labute approximate surface area is 155 Å². The van der Waals surface area contributed by atoms with Crippen molar-refractivity contribution < 1.29 is 27.5 Å². The van der Waals surface area contributed by atoms with Crippen molar-refractivity contribution in [1.29, 1.82) is 0 Å². The average Bonchev–Trinajstić information content (AvgIpc) is 2.58. The molecule has 0 aliphatic heterocycles. The van der Waals surface area contributed by atoms with Gasteiger partial charge in [-0.3, -0.25) is 9.69 Å². The molecule has 0 saturated carbocycles. The standard InChI is InChI=1S/C19H21F3N2O3/c1-18(2,3)27-17(26)24(16-9-6-14(12-25)10-23-16)11-13-4-7-15(8-5-13)19(20,21)22/h4,6-10,12-13H,5,11H2,1-3H3. The van der Waals surface area contributed by atoms with E-state index in [1.165, 1.54) is 29.3 Å². The fourth-order valence-electron chi connectivity index (χ4n) is 2.45. The number of aromatic nitrogens is 1. The minimum absolute atomic E-state index is 0.0977. The molecular formula is C19H21F3N2O3. The first-order valence-electron chi connectivity index (χ1n) is 8.37. The number of allylic oxidation sites excluding steroid dienone is 3. The van der Waals surface area contributed by atoms with Crippen molar-refractivity contribution in [2.75, 3.05) is 11.4 Å². The molecule has 1 aromatic rings. The van der Waals surface area contributed by atoms with Crippen molar-refractivity contribution in [3.05, 3.63) is 47.7 Å². The summed E-state index contributed by atoms with van der Waals surface area (Å²) in [4.78, 5) is 28.7. The van der Waals surface area contributed by atoms with Crippen LogP contribution in [0.2, 0.25) is 0 Å². The van der Waals surface area contributed by atoms with Crippen LogP contribution < -0.4 is 4.90 Å². The van der Waals surface area contributed by atoms with E-state index in [9.17, 15) is 22.8 Å². The molecule has 5 nitrogen and oxygen atoms in total. The molecule has 0 radical (unpaired) electrons. The minimum atomic E-state index is -4.39. The van der Waals surface area contributed by atoms with E-state index in [1.807, 2.05) is 0 Å². The summed E-state index contributed by atoms with van der Waals surface area (Å²) in [5, 5.41) is 0. The molecular weight excluding hydrogens is 361 g/mol. The Hall–Kier alpha value is -2.64. The molecule has 0 bridgehead atoms. The topological polar surface area (TPSA) is 59.5 Å². The zero-order valence-corrected chi connectivity index (χ0v) is 15.3. The maximum Gasteiger partial charge on any atom is 0.416 e. The molecule has 0 N–H and O–H groups in total. The highest BCUT2D eigenvalue weighted by molar-refractivity contribution is 5.87. The first-order valence-corrected chi connectivity index (χ1v) is 8.37. The Balaban J connectivity index is 2.20. The van der Waals surface area contributed by atoms with Gasteiger partial charge in [-0.2, -0.15) is 13.2 Å². The van der Waals surface area contributed by atoms with E-state index in [0.717, 1.165) is 12.2 Å². The number of alkyl halides is 3. The Morgan fingerprint density at radius 1 is 1.33 bits per heavy atom. The van der Waals surface area contributed by atoms with Crippen LogP contribution in [-0.2, 0) is 4.74 Å². The Morgan fingerprint density at radius 3 is 2.48 bits per heavy atom. The molecule has 1 atom stereocenters. The summed E-state index contributed by atoms with van der Waals surface area (Å²) in [6.45, 7) is 5.24. The lowest BCUT2D eigenvalue weighted by Gasteiger charge is -2.29. The molecule has 0 aromatic carbocycles. The lowest BCUT2D eigenvalue weighted by Crippen LogP contribution is -2.40. The van der Waals surface area contributed by atoms with Gasteiger partial charge >= 0.3 is 12.3 Å². The van der Waals surface area contributed by atoms with Gasteiger partial charge in [0.25, 0.3) is 0 Å². The fraction of sp³-hybridized carbons (Fsp3) is 0.421. The number of ether oxygens (including phenoxy) is 1. The number of pyridine rings is 1.